The van der Waals surface area contributed by atoms with Gasteiger partial charge in [0.05, 0.1) is 25.2 Å². The minimum absolute atomic E-state index is 0.123. The molecule has 0 heterocycles. The number of carbonyl (C=O) groups excluding carboxylic acids is 2. The highest BCUT2D eigenvalue weighted by atomic mass is 16.5. The van der Waals surface area contributed by atoms with Gasteiger partial charge in [-0.1, -0.05) is 24.3 Å². The molecule has 0 saturated carbocycles. The third-order valence-electron chi connectivity index (χ3n) is 3.53. The molecule has 0 aliphatic heterocycles. The Bertz CT molecular complexity index is 744. The lowest BCUT2D eigenvalue weighted by atomic mass is 10.1. The van der Waals surface area contributed by atoms with Crippen molar-refractivity contribution < 1.29 is 14.3 Å². The smallest absolute Gasteiger partial charge is 0.305 e. The van der Waals surface area contributed by atoms with Crippen LogP contribution < -0.4 is 5.32 Å². The van der Waals surface area contributed by atoms with E-state index in [1.165, 1.54) is 7.11 Å². The number of esters is 1. The molecular weight excluding hydrogens is 304 g/mol. The fourth-order valence-electron chi connectivity index (χ4n) is 2.19. The molecule has 0 unspecified atom stereocenters. The molecule has 0 bridgehead atoms. The molecule has 0 aliphatic rings. The first kappa shape index (κ1) is 17.2. The van der Waals surface area contributed by atoms with Crippen LogP contribution in [0.25, 0.3) is 0 Å². The third-order valence-corrected chi connectivity index (χ3v) is 3.53. The van der Waals surface area contributed by atoms with Crippen LogP contribution in [0, 0.1) is 11.3 Å². The average molecular weight is 322 g/mol. The summed E-state index contributed by atoms with van der Waals surface area (Å²) in [4.78, 5) is 23.2. The molecule has 2 aromatic rings. The molecule has 2 rings (SSSR count). The van der Waals surface area contributed by atoms with Gasteiger partial charge in [0.1, 0.15) is 0 Å². The van der Waals surface area contributed by atoms with E-state index in [-0.39, 0.29) is 18.3 Å². The summed E-state index contributed by atoms with van der Waals surface area (Å²) in [5.41, 5.74) is 3.13. The first-order valence-corrected chi connectivity index (χ1v) is 7.55. The van der Waals surface area contributed by atoms with E-state index in [9.17, 15) is 9.59 Å². The molecule has 24 heavy (non-hydrogen) atoms. The molecule has 5 heteroatoms. The summed E-state index contributed by atoms with van der Waals surface area (Å²) in [6, 6.07) is 16.3. The van der Waals surface area contributed by atoms with E-state index in [2.05, 4.69) is 10.1 Å². The van der Waals surface area contributed by atoms with Crippen LogP contribution in [0.4, 0.5) is 5.69 Å². The molecule has 5 nitrogen and oxygen atoms in total. The molecule has 0 spiro atoms. The third kappa shape index (κ3) is 5.25. The predicted molar refractivity (Wildman–Crippen MR) is 90.3 cm³/mol. The highest BCUT2D eigenvalue weighted by Crippen LogP contribution is 2.11. The monoisotopic (exact) mass is 322 g/mol. The topological polar surface area (TPSA) is 79.2 Å². The van der Waals surface area contributed by atoms with Gasteiger partial charge in [0.25, 0.3) is 0 Å². The number of carbonyl (C=O) groups is 2. The van der Waals surface area contributed by atoms with E-state index in [4.69, 9.17) is 5.26 Å². The SMILES string of the molecule is COC(=O)CCc1ccc(CC(=O)Nc2ccc(C#N)cc2)cc1. The molecular formula is C19H18N2O3. The number of hydrogen-bond donors (Lipinski definition) is 1. The van der Waals surface area contributed by atoms with Gasteiger partial charge in [-0.3, -0.25) is 9.59 Å². The van der Waals surface area contributed by atoms with Gasteiger partial charge in [-0.2, -0.15) is 5.26 Å². The van der Waals surface area contributed by atoms with Crippen molar-refractivity contribution >= 4 is 17.6 Å². The normalized spacial score (nSPS) is 9.83. The van der Waals surface area contributed by atoms with Gasteiger partial charge in [0, 0.05) is 12.1 Å². The van der Waals surface area contributed by atoms with Crippen molar-refractivity contribution in [1.82, 2.24) is 0 Å². The number of amides is 1. The van der Waals surface area contributed by atoms with Crippen LogP contribution in [-0.2, 0) is 27.2 Å². The molecule has 0 saturated heterocycles. The van der Waals surface area contributed by atoms with Gasteiger partial charge >= 0.3 is 5.97 Å². The maximum atomic E-state index is 12.0. The summed E-state index contributed by atoms with van der Waals surface area (Å²) < 4.78 is 4.61. The van der Waals surface area contributed by atoms with E-state index < -0.39 is 0 Å². The van der Waals surface area contributed by atoms with Crippen LogP contribution in [0.3, 0.4) is 0 Å². The predicted octanol–water partition coefficient (Wildman–Crippen LogP) is 2.85. The summed E-state index contributed by atoms with van der Waals surface area (Å²) in [7, 11) is 1.37. The lowest BCUT2D eigenvalue weighted by Gasteiger charge is -2.06. The number of rotatable bonds is 6. The van der Waals surface area contributed by atoms with Gasteiger partial charge in [0.15, 0.2) is 0 Å². The van der Waals surface area contributed by atoms with Gasteiger partial charge in [-0.05, 0) is 41.8 Å². The molecule has 122 valence electrons. The van der Waals surface area contributed by atoms with Crippen LogP contribution in [0.2, 0.25) is 0 Å². The van der Waals surface area contributed by atoms with Crippen molar-refractivity contribution in [2.24, 2.45) is 0 Å². The van der Waals surface area contributed by atoms with E-state index in [0.29, 0.717) is 24.1 Å². The first-order chi connectivity index (χ1) is 11.6. The summed E-state index contributed by atoms with van der Waals surface area (Å²) in [5.74, 6) is -0.358. The average Bonchev–Trinajstić information content (AvgIpc) is 2.61. The van der Waals surface area contributed by atoms with Gasteiger partial charge < -0.3 is 10.1 Å². The van der Waals surface area contributed by atoms with Crippen LogP contribution in [0.1, 0.15) is 23.1 Å². The molecule has 1 amide bonds. The zero-order valence-electron chi connectivity index (χ0n) is 13.4. The highest BCUT2D eigenvalue weighted by Gasteiger charge is 2.06. The standard InChI is InChI=1S/C19H18N2O3/c1-24-19(23)11-8-14-2-4-15(5-3-14)12-18(22)21-17-9-6-16(13-20)7-10-17/h2-7,9-10H,8,11-12H2,1H3,(H,21,22). The Balaban J connectivity index is 1.87. The van der Waals surface area contributed by atoms with Gasteiger partial charge in [-0.15, -0.1) is 0 Å². The minimum atomic E-state index is -0.235. The molecule has 0 fully saturated rings. The molecule has 0 radical (unpaired) electrons. The summed E-state index contributed by atoms with van der Waals surface area (Å²) in [6.45, 7) is 0. The fourth-order valence-corrected chi connectivity index (χ4v) is 2.19. The maximum absolute atomic E-state index is 12.0. The van der Waals surface area contributed by atoms with E-state index in [0.717, 1.165) is 11.1 Å². The Kier molecular flexibility index (Phi) is 6.09. The first-order valence-electron chi connectivity index (χ1n) is 7.55. The number of nitriles is 1. The number of nitrogens with one attached hydrogen (secondary N) is 1. The second kappa shape index (κ2) is 8.49. The Morgan fingerprint density at radius 1 is 1.04 bits per heavy atom. The van der Waals surface area contributed by atoms with Gasteiger partial charge in [0.2, 0.25) is 5.91 Å². The van der Waals surface area contributed by atoms with Gasteiger partial charge in [-0.25, -0.2) is 0 Å². The van der Waals surface area contributed by atoms with Crippen molar-refractivity contribution in [3.05, 3.63) is 65.2 Å². The molecule has 0 aliphatic carbocycles. The van der Waals surface area contributed by atoms with Crippen LogP contribution in [0.5, 0.6) is 0 Å². The number of hydrogen-bond acceptors (Lipinski definition) is 4. The summed E-state index contributed by atoms with van der Waals surface area (Å²) >= 11 is 0. The van der Waals surface area contributed by atoms with Crippen LogP contribution >= 0.6 is 0 Å². The lowest BCUT2D eigenvalue weighted by molar-refractivity contribution is -0.140. The molecule has 0 atom stereocenters. The number of ether oxygens (including phenoxy) is 1. The Morgan fingerprint density at radius 2 is 1.67 bits per heavy atom. The highest BCUT2D eigenvalue weighted by molar-refractivity contribution is 5.92. The maximum Gasteiger partial charge on any atom is 0.305 e. The Labute approximate surface area is 140 Å². The van der Waals surface area contributed by atoms with E-state index in [1.807, 2.05) is 30.3 Å². The van der Waals surface area contributed by atoms with Crippen molar-refractivity contribution in [2.45, 2.75) is 19.3 Å². The Hall–Kier alpha value is -3.13. The lowest BCUT2D eigenvalue weighted by Crippen LogP contribution is -2.14. The Morgan fingerprint density at radius 3 is 2.25 bits per heavy atom. The number of benzene rings is 2. The second-order valence-corrected chi connectivity index (χ2v) is 5.31. The molecule has 2 aromatic carbocycles. The summed E-state index contributed by atoms with van der Waals surface area (Å²) in [6.07, 6.45) is 1.22. The van der Waals surface area contributed by atoms with Crippen LogP contribution in [0.15, 0.2) is 48.5 Å². The van der Waals surface area contributed by atoms with E-state index >= 15 is 0 Å². The fraction of sp³-hybridized carbons (Fsp3) is 0.211. The van der Waals surface area contributed by atoms with Crippen molar-refractivity contribution in [3.63, 3.8) is 0 Å². The largest absolute Gasteiger partial charge is 0.469 e. The number of methoxy groups -OCH3 is 1. The second-order valence-electron chi connectivity index (χ2n) is 5.31. The number of nitrogens with zero attached hydrogens (tertiary/aromatic N) is 1. The molecule has 0 aromatic heterocycles. The van der Waals surface area contributed by atoms with E-state index in [1.54, 1.807) is 24.3 Å². The van der Waals surface area contributed by atoms with Crippen molar-refractivity contribution in [1.29, 1.82) is 5.26 Å². The van der Waals surface area contributed by atoms with Crippen molar-refractivity contribution in [2.75, 3.05) is 12.4 Å². The quantitative estimate of drug-likeness (QED) is 0.829. The number of aryl methyl sites for hydroxylation is 1. The molecule has 1 N–H and O–H groups in total. The zero-order valence-corrected chi connectivity index (χ0v) is 13.4. The summed E-state index contributed by atoms with van der Waals surface area (Å²) in [5, 5.41) is 11.5. The zero-order chi connectivity index (χ0) is 17.4. The minimum Gasteiger partial charge on any atom is -0.469 e. The number of anilines is 1. The van der Waals surface area contributed by atoms with Crippen molar-refractivity contribution in [3.8, 4) is 6.07 Å². The van der Waals surface area contributed by atoms with Crippen LogP contribution in [-0.4, -0.2) is 19.0 Å².